The standard InChI is InChI=1S/C16H17N3O3/c20-16(19-14-7-11-3-6-13(14)18-11)10-1-4-12(5-2-10)22-15-8-17-9-21-15/h1-2,4-5,8-9,11,13-14,18H,3,6-7H2,(H,19,20). The highest BCUT2D eigenvalue weighted by atomic mass is 16.6. The maximum absolute atomic E-state index is 12.3. The Morgan fingerprint density at radius 3 is 2.82 bits per heavy atom. The molecule has 2 saturated heterocycles. The second-order valence-electron chi connectivity index (χ2n) is 5.81. The summed E-state index contributed by atoms with van der Waals surface area (Å²) in [7, 11) is 0. The average Bonchev–Trinajstić information content (AvgIpc) is 3.25. The lowest BCUT2D eigenvalue weighted by Crippen LogP contribution is -2.42. The number of nitrogens with zero attached hydrogens (tertiary/aromatic N) is 1. The molecular formula is C16H17N3O3. The normalized spacial score (nSPS) is 26.1. The van der Waals surface area contributed by atoms with Crippen LogP contribution in [0, 0.1) is 0 Å². The second-order valence-corrected chi connectivity index (χ2v) is 5.81. The van der Waals surface area contributed by atoms with E-state index in [0.717, 1.165) is 12.8 Å². The molecule has 2 aromatic rings. The van der Waals surface area contributed by atoms with Gasteiger partial charge >= 0.3 is 5.95 Å². The summed E-state index contributed by atoms with van der Waals surface area (Å²) in [6, 6.07) is 8.25. The minimum Gasteiger partial charge on any atom is -0.425 e. The Balaban J connectivity index is 1.38. The fraction of sp³-hybridized carbons (Fsp3) is 0.375. The third kappa shape index (κ3) is 2.57. The van der Waals surface area contributed by atoms with Gasteiger partial charge in [-0.3, -0.25) is 4.79 Å². The zero-order valence-electron chi connectivity index (χ0n) is 12.0. The predicted molar refractivity (Wildman–Crippen MR) is 78.8 cm³/mol. The third-order valence-electron chi connectivity index (χ3n) is 4.36. The molecule has 3 heterocycles. The van der Waals surface area contributed by atoms with Crippen molar-refractivity contribution < 1.29 is 13.9 Å². The molecule has 2 fully saturated rings. The van der Waals surface area contributed by atoms with Crippen molar-refractivity contribution in [1.29, 1.82) is 0 Å². The minimum absolute atomic E-state index is 0.0365. The molecule has 3 atom stereocenters. The van der Waals surface area contributed by atoms with Crippen LogP contribution in [0.2, 0.25) is 0 Å². The molecule has 0 spiro atoms. The quantitative estimate of drug-likeness (QED) is 0.904. The molecule has 1 amide bonds. The van der Waals surface area contributed by atoms with Gasteiger partial charge in [0.05, 0.1) is 0 Å². The SMILES string of the molecule is O=C(NC1CC2CCC1N2)c1ccc(Oc2cnco2)cc1. The first kappa shape index (κ1) is 13.3. The number of aromatic nitrogens is 1. The summed E-state index contributed by atoms with van der Waals surface area (Å²) in [5.41, 5.74) is 0.632. The Bertz CT molecular complexity index is 654. The van der Waals surface area contributed by atoms with Gasteiger partial charge in [0.15, 0.2) is 6.39 Å². The Morgan fingerprint density at radius 2 is 2.18 bits per heavy atom. The highest BCUT2D eigenvalue weighted by Gasteiger charge is 2.39. The first-order chi connectivity index (χ1) is 10.8. The van der Waals surface area contributed by atoms with Gasteiger partial charge in [-0.15, -0.1) is 0 Å². The van der Waals surface area contributed by atoms with Gasteiger partial charge < -0.3 is 19.8 Å². The monoisotopic (exact) mass is 299 g/mol. The number of hydrogen-bond donors (Lipinski definition) is 2. The molecular weight excluding hydrogens is 282 g/mol. The molecule has 0 saturated carbocycles. The minimum atomic E-state index is -0.0365. The molecule has 2 bridgehead atoms. The van der Waals surface area contributed by atoms with Crippen molar-refractivity contribution in [1.82, 2.24) is 15.6 Å². The van der Waals surface area contributed by atoms with E-state index >= 15 is 0 Å². The number of rotatable bonds is 4. The van der Waals surface area contributed by atoms with Crippen LogP contribution in [-0.2, 0) is 0 Å². The predicted octanol–water partition coefficient (Wildman–Crippen LogP) is 2.09. The first-order valence-electron chi connectivity index (χ1n) is 7.51. The molecule has 4 rings (SSSR count). The zero-order valence-corrected chi connectivity index (χ0v) is 12.0. The zero-order chi connectivity index (χ0) is 14.9. The fourth-order valence-electron chi connectivity index (χ4n) is 3.28. The maximum Gasteiger partial charge on any atom is 0.310 e. The number of carbonyl (C=O) groups excluding carboxylic acids is 1. The number of fused-ring (bicyclic) bond motifs is 2. The molecule has 0 radical (unpaired) electrons. The first-order valence-corrected chi connectivity index (χ1v) is 7.51. The highest BCUT2D eigenvalue weighted by Crippen LogP contribution is 2.28. The summed E-state index contributed by atoms with van der Waals surface area (Å²) in [6.45, 7) is 0. The molecule has 2 N–H and O–H groups in total. The molecule has 6 heteroatoms. The van der Waals surface area contributed by atoms with Crippen LogP contribution < -0.4 is 15.4 Å². The van der Waals surface area contributed by atoms with Gasteiger partial charge in [0.25, 0.3) is 5.91 Å². The van der Waals surface area contributed by atoms with E-state index in [-0.39, 0.29) is 11.9 Å². The van der Waals surface area contributed by atoms with Crippen molar-refractivity contribution in [3.63, 3.8) is 0 Å². The van der Waals surface area contributed by atoms with Crippen LogP contribution in [0.3, 0.4) is 0 Å². The van der Waals surface area contributed by atoms with Gasteiger partial charge in [-0.2, -0.15) is 0 Å². The van der Waals surface area contributed by atoms with Crippen molar-refractivity contribution in [2.75, 3.05) is 0 Å². The number of hydrogen-bond acceptors (Lipinski definition) is 5. The lowest BCUT2D eigenvalue weighted by Gasteiger charge is -2.21. The number of benzene rings is 1. The molecule has 3 unspecified atom stereocenters. The van der Waals surface area contributed by atoms with Crippen molar-refractivity contribution in [2.45, 2.75) is 37.4 Å². The van der Waals surface area contributed by atoms with Gasteiger partial charge in [-0.25, -0.2) is 4.98 Å². The highest BCUT2D eigenvalue weighted by molar-refractivity contribution is 5.94. The van der Waals surface area contributed by atoms with E-state index in [1.807, 2.05) is 0 Å². The van der Waals surface area contributed by atoms with E-state index in [9.17, 15) is 4.79 Å². The number of carbonyl (C=O) groups is 1. The second kappa shape index (κ2) is 5.46. The summed E-state index contributed by atoms with van der Waals surface area (Å²) in [4.78, 5) is 16.1. The summed E-state index contributed by atoms with van der Waals surface area (Å²) in [5, 5.41) is 6.64. The lowest BCUT2D eigenvalue weighted by atomic mass is 9.95. The van der Waals surface area contributed by atoms with E-state index in [4.69, 9.17) is 9.15 Å². The Hall–Kier alpha value is -2.34. The van der Waals surface area contributed by atoms with Crippen LogP contribution in [-0.4, -0.2) is 29.0 Å². The van der Waals surface area contributed by atoms with Gasteiger partial charge in [-0.05, 0) is 43.5 Å². The summed E-state index contributed by atoms with van der Waals surface area (Å²) in [6.07, 6.45) is 6.20. The van der Waals surface area contributed by atoms with Crippen LogP contribution in [0.25, 0.3) is 0 Å². The molecule has 2 aliphatic rings. The number of ether oxygens (including phenoxy) is 1. The van der Waals surface area contributed by atoms with E-state index in [1.165, 1.54) is 19.0 Å². The topological polar surface area (TPSA) is 76.4 Å². The van der Waals surface area contributed by atoms with E-state index < -0.39 is 0 Å². The molecule has 0 aliphatic carbocycles. The Labute approximate surface area is 127 Å². The van der Waals surface area contributed by atoms with Crippen molar-refractivity contribution in [3.05, 3.63) is 42.4 Å². The van der Waals surface area contributed by atoms with E-state index in [1.54, 1.807) is 24.3 Å². The summed E-state index contributed by atoms with van der Waals surface area (Å²) in [5.74, 6) is 0.894. The van der Waals surface area contributed by atoms with E-state index in [0.29, 0.717) is 29.3 Å². The van der Waals surface area contributed by atoms with Gasteiger partial charge in [0, 0.05) is 23.7 Å². The van der Waals surface area contributed by atoms with Crippen LogP contribution in [0.4, 0.5) is 0 Å². The van der Waals surface area contributed by atoms with Crippen LogP contribution in [0.1, 0.15) is 29.6 Å². The Morgan fingerprint density at radius 1 is 1.32 bits per heavy atom. The van der Waals surface area contributed by atoms with Crippen molar-refractivity contribution in [2.24, 2.45) is 0 Å². The smallest absolute Gasteiger partial charge is 0.310 e. The van der Waals surface area contributed by atoms with Crippen LogP contribution in [0.5, 0.6) is 11.7 Å². The van der Waals surface area contributed by atoms with Crippen LogP contribution in [0.15, 0.2) is 41.3 Å². The van der Waals surface area contributed by atoms with E-state index in [2.05, 4.69) is 15.6 Å². The van der Waals surface area contributed by atoms with Crippen molar-refractivity contribution in [3.8, 4) is 11.7 Å². The number of oxazole rings is 1. The summed E-state index contributed by atoms with van der Waals surface area (Å²) >= 11 is 0. The molecule has 22 heavy (non-hydrogen) atoms. The van der Waals surface area contributed by atoms with Crippen molar-refractivity contribution >= 4 is 5.91 Å². The number of nitrogens with one attached hydrogen (secondary N) is 2. The van der Waals surface area contributed by atoms with Gasteiger partial charge in [0.1, 0.15) is 11.9 Å². The van der Waals surface area contributed by atoms with Gasteiger partial charge in [-0.1, -0.05) is 0 Å². The molecule has 114 valence electrons. The molecule has 2 aliphatic heterocycles. The fourth-order valence-corrected chi connectivity index (χ4v) is 3.28. The maximum atomic E-state index is 12.3. The van der Waals surface area contributed by atoms with Crippen LogP contribution >= 0.6 is 0 Å². The Kier molecular flexibility index (Phi) is 3.31. The largest absolute Gasteiger partial charge is 0.425 e. The lowest BCUT2D eigenvalue weighted by molar-refractivity contribution is 0.0931. The summed E-state index contributed by atoms with van der Waals surface area (Å²) < 4.78 is 10.5. The molecule has 6 nitrogen and oxygen atoms in total. The van der Waals surface area contributed by atoms with Gasteiger partial charge in [0.2, 0.25) is 0 Å². The molecule has 1 aromatic heterocycles. The number of amides is 1. The third-order valence-corrected chi connectivity index (χ3v) is 4.36. The molecule has 1 aromatic carbocycles. The average molecular weight is 299 g/mol.